The highest BCUT2D eigenvalue weighted by molar-refractivity contribution is 5.72. The van der Waals surface area contributed by atoms with Crippen LogP contribution in [0.1, 0.15) is 55.1 Å². The molecule has 0 aliphatic heterocycles. The molecule has 1 aliphatic rings. The first-order valence-electron chi connectivity index (χ1n) is 11.8. The van der Waals surface area contributed by atoms with Gasteiger partial charge in [0.1, 0.15) is 5.69 Å². The summed E-state index contributed by atoms with van der Waals surface area (Å²) in [5.74, 6) is 0. The third-order valence-corrected chi connectivity index (χ3v) is 6.68. The summed E-state index contributed by atoms with van der Waals surface area (Å²) >= 11 is 0. The van der Waals surface area contributed by atoms with Gasteiger partial charge in [-0.2, -0.15) is 5.10 Å². The number of hydrogen-bond acceptors (Lipinski definition) is 5. The molecule has 2 heterocycles. The summed E-state index contributed by atoms with van der Waals surface area (Å²) in [4.78, 5) is 38.4. The zero-order valence-corrected chi connectivity index (χ0v) is 19.7. The molecule has 9 nitrogen and oxygen atoms in total. The Morgan fingerprint density at radius 3 is 2.31 bits per heavy atom. The summed E-state index contributed by atoms with van der Waals surface area (Å²) in [6.45, 7) is 1.81. The van der Waals surface area contributed by atoms with Gasteiger partial charge in [0.25, 0.3) is 0 Å². The van der Waals surface area contributed by atoms with Crippen LogP contribution in [-0.4, -0.2) is 23.8 Å². The van der Waals surface area contributed by atoms with Crippen LogP contribution in [-0.2, 0) is 0 Å². The quantitative estimate of drug-likeness (QED) is 0.282. The van der Waals surface area contributed by atoms with Crippen LogP contribution in [0.3, 0.4) is 0 Å². The van der Waals surface area contributed by atoms with Gasteiger partial charge < -0.3 is 0 Å². The van der Waals surface area contributed by atoms with Crippen molar-refractivity contribution in [1.82, 2.24) is 18.9 Å². The zero-order chi connectivity index (χ0) is 25.2. The number of aromatic nitrogens is 4. The van der Waals surface area contributed by atoms with Crippen molar-refractivity contribution in [3.63, 3.8) is 0 Å². The van der Waals surface area contributed by atoms with Crippen molar-refractivity contribution in [2.75, 3.05) is 0 Å². The van der Waals surface area contributed by atoms with Gasteiger partial charge >= 0.3 is 16.9 Å². The minimum atomic E-state index is -0.856. The molecule has 182 valence electrons. The molecular weight excluding hydrogens is 458 g/mol. The van der Waals surface area contributed by atoms with Gasteiger partial charge in [-0.25, -0.2) is 9.48 Å². The van der Waals surface area contributed by atoms with Crippen molar-refractivity contribution in [3.05, 3.63) is 121 Å². The molecule has 4 aromatic rings. The Morgan fingerprint density at radius 2 is 1.69 bits per heavy atom. The van der Waals surface area contributed by atoms with Gasteiger partial charge in [-0.15, -0.1) is 0 Å². The van der Waals surface area contributed by atoms with Crippen LogP contribution in [0, 0.1) is 10.1 Å². The topological polar surface area (TPSA) is 105 Å². The monoisotopic (exact) mass is 483 g/mol. The summed E-state index contributed by atoms with van der Waals surface area (Å²) in [7, 11) is 0. The SMILES string of the molecule is CC(c1ccccc1)n1c(/C=C/c2cnn(-c3ccccc3)c2)c([N+](=O)[O-])c(=O)n(C2CCC2)c1=O. The number of para-hydroxylation sites is 1. The summed E-state index contributed by atoms with van der Waals surface area (Å²) in [5, 5.41) is 16.5. The molecule has 1 unspecified atom stereocenters. The molecule has 9 heteroatoms. The summed E-state index contributed by atoms with van der Waals surface area (Å²) < 4.78 is 4.12. The highest BCUT2D eigenvalue weighted by atomic mass is 16.6. The maximum absolute atomic E-state index is 13.7. The van der Waals surface area contributed by atoms with E-state index in [1.165, 1.54) is 10.6 Å². The molecule has 2 aromatic heterocycles. The molecule has 5 rings (SSSR count). The number of hydrogen-bond donors (Lipinski definition) is 0. The van der Waals surface area contributed by atoms with Crippen LogP contribution in [0.2, 0.25) is 0 Å². The van der Waals surface area contributed by atoms with E-state index in [0.29, 0.717) is 18.4 Å². The average Bonchev–Trinajstić information content (AvgIpc) is 3.33. The lowest BCUT2D eigenvalue weighted by Gasteiger charge is -2.29. The Bertz CT molecular complexity index is 1550. The van der Waals surface area contributed by atoms with Gasteiger partial charge in [0.05, 0.1) is 22.8 Å². The molecule has 1 atom stereocenters. The van der Waals surface area contributed by atoms with Crippen LogP contribution >= 0.6 is 0 Å². The molecule has 1 aliphatic carbocycles. The lowest BCUT2D eigenvalue weighted by atomic mass is 9.93. The summed E-state index contributed by atoms with van der Waals surface area (Å²) in [6.07, 6.45) is 8.68. The van der Waals surface area contributed by atoms with E-state index in [4.69, 9.17) is 0 Å². The Hall–Kier alpha value is -4.53. The van der Waals surface area contributed by atoms with Gasteiger partial charge in [0.15, 0.2) is 0 Å². The van der Waals surface area contributed by atoms with Gasteiger partial charge in [-0.05, 0) is 56.0 Å². The maximum atomic E-state index is 13.7. The second kappa shape index (κ2) is 9.61. The molecular formula is C27H25N5O4. The fourth-order valence-electron chi connectivity index (χ4n) is 4.52. The third-order valence-electron chi connectivity index (χ3n) is 6.68. The Labute approximate surface area is 206 Å². The van der Waals surface area contributed by atoms with E-state index < -0.39 is 27.9 Å². The van der Waals surface area contributed by atoms with Crippen molar-refractivity contribution in [2.45, 2.75) is 38.3 Å². The van der Waals surface area contributed by atoms with Crippen molar-refractivity contribution in [3.8, 4) is 5.69 Å². The van der Waals surface area contributed by atoms with Crippen molar-refractivity contribution in [2.24, 2.45) is 0 Å². The van der Waals surface area contributed by atoms with E-state index in [1.807, 2.05) is 60.7 Å². The van der Waals surface area contributed by atoms with Crippen LogP contribution in [0.4, 0.5) is 5.69 Å². The smallest absolute Gasteiger partial charge is 0.280 e. The fourth-order valence-corrected chi connectivity index (χ4v) is 4.52. The van der Waals surface area contributed by atoms with Gasteiger partial charge in [-0.1, -0.05) is 48.5 Å². The Balaban J connectivity index is 1.67. The van der Waals surface area contributed by atoms with E-state index >= 15 is 0 Å². The van der Waals surface area contributed by atoms with Crippen molar-refractivity contribution in [1.29, 1.82) is 0 Å². The summed E-state index contributed by atoms with van der Waals surface area (Å²) in [6, 6.07) is 18.0. The molecule has 0 amide bonds. The number of rotatable bonds is 7. The minimum absolute atomic E-state index is 0.0330. The molecule has 36 heavy (non-hydrogen) atoms. The maximum Gasteiger partial charge on any atom is 0.357 e. The second-order valence-corrected chi connectivity index (χ2v) is 8.88. The number of nitrogens with zero attached hydrogens (tertiary/aromatic N) is 5. The highest BCUT2D eigenvalue weighted by Crippen LogP contribution is 2.31. The normalized spacial score (nSPS) is 14.6. The van der Waals surface area contributed by atoms with Crippen LogP contribution in [0.15, 0.2) is 82.6 Å². The van der Waals surface area contributed by atoms with Crippen LogP contribution < -0.4 is 11.2 Å². The molecule has 0 bridgehead atoms. The molecule has 1 fully saturated rings. The molecule has 2 aromatic carbocycles. The Morgan fingerprint density at radius 1 is 1.03 bits per heavy atom. The standard InChI is InChI=1S/C27H25N5O4/c1-19(21-9-4-2-5-10-21)30-24(16-15-20-17-28-29(18-20)22-11-6-3-7-12-22)25(32(35)36)26(33)31(27(30)34)23-13-8-14-23/h2-7,9-12,15-19,23H,8,13-14H2,1H3/b16-15+. The van der Waals surface area contributed by atoms with E-state index in [9.17, 15) is 19.7 Å². The first-order valence-corrected chi connectivity index (χ1v) is 11.8. The minimum Gasteiger partial charge on any atom is -0.280 e. The first-order chi connectivity index (χ1) is 17.5. The Kier molecular flexibility index (Phi) is 6.20. The predicted octanol–water partition coefficient (Wildman–Crippen LogP) is 4.61. The predicted molar refractivity (Wildman–Crippen MR) is 137 cm³/mol. The average molecular weight is 484 g/mol. The summed E-state index contributed by atoms with van der Waals surface area (Å²) in [5.41, 5.74) is 0.310. The molecule has 0 spiro atoms. The largest absolute Gasteiger partial charge is 0.357 e. The number of benzene rings is 2. The van der Waals surface area contributed by atoms with E-state index in [1.54, 1.807) is 30.1 Å². The second-order valence-electron chi connectivity index (χ2n) is 8.88. The van der Waals surface area contributed by atoms with Gasteiger partial charge in [0, 0.05) is 17.8 Å². The van der Waals surface area contributed by atoms with Crippen molar-refractivity contribution >= 4 is 17.8 Å². The lowest BCUT2D eigenvalue weighted by molar-refractivity contribution is -0.387. The molecule has 0 saturated heterocycles. The molecule has 0 radical (unpaired) electrons. The van der Waals surface area contributed by atoms with Crippen molar-refractivity contribution < 1.29 is 4.92 Å². The number of nitro groups is 1. The van der Waals surface area contributed by atoms with Gasteiger partial charge in [-0.3, -0.25) is 24.0 Å². The van der Waals surface area contributed by atoms with Gasteiger partial charge in [0.2, 0.25) is 0 Å². The first kappa shape index (κ1) is 23.2. The van der Waals surface area contributed by atoms with E-state index in [0.717, 1.165) is 22.2 Å². The highest BCUT2D eigenvalue weighted by Gasteiger charge is 2.33. The van der Waals surface area contributed by atoms with E-state index in [2.05, 4.69) is 5.10 Å². The third kappa shape index (κ3) is 4.19. The zero-order valence-electron chi connectivity index (χ0n) is 19.7. The molecule has 1 saturated carbocycles. The van der Waals surface area contributed by atoms with E-state index in [-0.39, 0.29) is 11.7 Å². The fraction of sp³-hybridized carbons (Fsp3) is 0.222. The molecule has 0 N–H and O–H groups in total. The van der Waals surface area contributed by atoms with Crippen LogP contribution in [0.5, 0.6) is 0 Å². The lowest BCUT2D eigenvalue weighted by Crippen LogP contribution is -2.46. The van der Waals surface area contributed by atoms with Crippen LogP contribution in [0.25, 0.3) is 17.8 Å².